The number of carbonyl (C=O) groups excluding carboxylic acids is 1. The smallest absolute Gasteiger partial charge is 0.254 e. The lowest BCUT2D eigenvalue weighted by Gasteiger charge is -2.18. The van der Waals surface area contributed by atoms with Gasteiger partial charge in [0.15, 0.2) is 11.6 Å². The molecule has 8 heteroatoms. The van der Waals surface area contributed by atoms with Crippen molar-refractivity contribution in [3.63, 3.8) is 0 Å². The average molecular weight is 417 g/mol. The van der Waals surface area contributed by atoms with Gasteiger partial charge in [-0.25, -0.2) is 4.39 Å². The highest BCUT2D eigenvalue weighted by atomic mass is 35.5. The molecule has 0 aliphatic carbocycles. The molecule has 0 bridgehead atoms. The van der Waals surface area contributed by atoms with Gasteiger partial charge in [-0.1, -0.05) is 30.7 Å². The van der Waals surface area contributed by atoms with Crippen LogP contribution in [0.4, 0.5) is 4.39 Å². The highest BCUT2D eigenvalue weighted by Gasteiger charge is 2.19. The lowest BCUT2D eigenvalue weighted by atomic mass is 10.0. The standard InChI is InChI=1S/C21H22ClFN4O2/c1-3-18(24)16-7-8-17(22)20(19(16)23)29-15-6-4-5-14(9-15)21(28)27(2)12-13-10-25-26-11-13/h4-11,18H,3,12,24H2,1-2H3,(H,25,26)/t18-/m0/s1. The van der Waals surface area contributed by atoms with Crippen LogP contribution < -0.4 is 10.5 Å². The predicted molar refractivity (Wildman–Crippen MR) is 110 cm³/mol. The fraction of sp³-hybridized carbons (Fsp3) is 0.238. The van der Waals surface area contributed by atoms with E-state index in [2.05, 4.69) is 10.2 Å². The zero-order valence-corrected chi connectivity index (χ0v) is 16.9. The van der Waals surface area contributed by atoms with Crippen LogP contribution in [0.2, 0.25) is 5.02 Å². The summed E-state index contributed by atoms with van der Waals surface area (Å²) < 4.78 is 20.6. The van der Waals surface area contributed by atoms with Crippen LogP contribution in [0.15, 0.2) is 48.8 Å². The molecule has 0 saturated heterocycles. The first-order valence-electron chi connectivity index (χ1n) is 9.15. The maximum Gasteiger partial charge on any atom is 0.254 e. The Labute approximate surface area is 173 Å². The minimum absolute atomic E-state index is 0.107. The van der Waals surface area contributed by atoms with Gasteiger partial charge in [-0.05, 0) is 30.7 Å². The van der Waals surface area contributed by atoms with Gasteiger partial charge in [-0.3, -0.25) is 9.89 Å². The SMILES string of the molecule is CC[C@H](N)c1ccc(Cl)c(Oc2cccc(C(=O)N(C)Cc3cn[nH]c3)c2)c1F. The van der Waals surface area contributed by atoms with Gasteiger partial charge in [0.25, 0.3) is 5.91 Å². The van der Waals surface area contributed by atoms with E-state index in [0.717, 1.165) is 5.56 Å². The van der Waals surface area contributed by atoms with Gasteiger partial charge in [-0.15, -0.1) is 0 Å². The molecule has 1 aromatic heterocycles. The van der Waals surface area contributed by atoms with E-state index in [1.807, 2.05) is 6.92 Å². The summed E-state index contributed by atoms with van der Waals surface area (Å²) in [5.41, 5.74) is 7.59. The lowest BCUT2D eigenvalue weighted by Crippen LogP contribution is -2.25. The normalized spacial score (nSPS) is 11.9. The Bertz CT molecular complexity index is 994. The number of H-pyrrole nitrogens is 1. The second kappa shape index (κ2) is 9.07. The number of amides is 1. The molecule has 3 aromatic rings. The number of aromatic amines is 1. The number of halogens is 2. The van der Waals surface area contributed by atoms with Crippen LogP contribution in [0.25, 0.3) is 0 Å². The number of carbonyl (C=O) groups is 1. The number of hydrogen-bond donors (Lipinski definition) is 2. The van der Waals surface area contributed by atoms with Crippen LogP contribution in [-0.4, -0.2) is 28.1 Å². The molecule has 0 spiro atoms. The van der Waals surface area contributed by atoms with Crippen LogP contribution in [0, 0.1) is 5.82 Å². The first kappa shape index (κ1) is 20.8. The number of nitrogens with two attached hydrogens (primary N) is 1. The van der Waals surface area contributed by atoms with Crippen LogP contribution in [0.5, 0.6) is 11.5 Å². The summed E-state index contributed by atoms with van der Waals surface area (Å²) in [6, 6.07) is 9.18. The third-order valence-corrected chi connectivity index (χ3v) is 4.84. The van der Waals surface area contributed by atoms with E-state index in [9.17, 15) is 9.18 Å². The van der Waals surface area contributed by atoms with E-state index in [1.165, 1.54) is 0 Å². The van der Waals surface area contributed by atoms with Crippen molar-refractivity contribution in [3.05, 3.63) is 76.3 Å². The molecular formula is C21H22ClFN4O2. The van der Waals surface area contributed by atoms with Crippen molar-refractivity contribution in [2.45, 2.75) is 25.9 Å². The summed E-state index contributed by atoms with van der Waals surface area (Å²) in [7, 11) is 1.69. The number of aromatic nitrogens is 2. The van der Waals surface area contributed by atoms with E-state index >= 15 is 0 Å². The van der Waals surface area contributed by atoms with Crippen molar-refractivity contribution in [2.24, 2.45) is 5.73 Å². The van der Waals surface area contributed by atoms with Gasteiger partial charge in [-0.2, -0.15) is 5.10 Å². The second-order valence-electron chi connectivity index (χ2n) is 6.69. The number of nitrogens with one attached hydrogen (secondary N) is 1. The molecule has 152 valence electrons. The highest BCUT2D eigenvalue weighted by Crippen LogP contribution is 2.36. The summed E-state index contributed by atoms with van der Waals surface area (Å²) in [6.45, 7) is 2.27. The molecule has 1 heterocycles. The van der Waals surface area contributed by atoms with Gasteiger partial charge in [0, 0.05) is 42.5 Å². The van der Waals surface area contributed by atoms with Crippen molar-refractivity contribution in [1.29, 1.82) is 0 Å². The van der Waals surface area contributed by atoms with Crippen molar-refractivity contribution < 1.29 is 13.9 Å². The molecule has 0 saturated carbocycles. The van der Waals surface area contributed by atoms with E-state index in [0.29, 0.717) is 29.8 Å². The molecule has 0 radical (unpaired) electrons. The van der Waals surface area contributed by atoms with Crippen LogP contribution >= 0.6 is 11.6 Å². The van der Waals surface area contributed by atoms with Gasteiger partial charge >= 0.3 is 0 Å². The van der Waals surface area contributed by atoms with Crippen molar-refractivity contribution in [2.75, 3.05) is 7.05 Å². The summed E-state index contributed by atoms with van der Waals surface area (Å²) >= 11 is 6.14. The maximum atomic E-state index is 14.9. The highest BCUT2D eigenvalue weighted by molar-refractivity contribution is 6.32. The van der Waals surface area contributed by atoms with E-state index in [-0.39, 0.29) is 16.7 Å². The number of benzene rings is 2. The molecule has 0 fully saturated rings. The fourth-order valence-electron chi connectivity index (χ4n) is 2.89. The number of nitrogens with zero attached hydrogens (tertiary/aromatic N) is 2. The van der Waals surface area contributed by atoms with Crippen molar-refractivity contribution in [1.82, 2.24) is 15.1 Å². The van der Waals surface area contributed by atoms with E-state index in [1.54, 1.807) is 60.7 Å². The Morgan fingerprint density at radius 2 is 2.17 bits per heavy atom. The zero-order chi connectivity index (χ0) is 21.0. The first-order valence-corrected chi connectivity index (χ1v) is 9.53. The molecule has 6 nitrogen and oxygen atoms in total. The van der Waals surface area contributed by atoms with Crippen LogP contribution in [0.1, 0.15) is 40.9 Å². The lowest BCUT2D eigenvalue weighted by molar-refractivity contribution is 0.0785. The Kier molecular flexibility index (Phi) is 6.51. The minimum atomic E-state index is -0.597. The third-order valence-electron chi connectivity index (χ3n) is 4.54. The van der Waals surface area contributed by atoms with Crippen molar-refractivity contribution in [3.8, 4) is 11.5 Å². The van der Waals surface area contributed by atoms with Crippen LogP contribution in [-0.2, 0) is 6.54 Å². The third kappa shape index (κ3) is 4.75. The number of ether oxygens (including phenoxy) is 1. The molecule has 0 aliphatic heterocycles. The number of rotatable bonds is 7. The zero-order valence-electron chi connectivity index (χ0n) is 16.2. The topological polar surface area (TPSA) is 84.2 Å². The first-order chi connectivity index (χ1) is 13.9. The van der Waals surface area contributed by atoms with E-state index < -0.39 is 11.9 Å². The molecule has 3 N–H and O–H groups in total. The second-order valence-corrected chi connectivity index (χ2v) is 7.10. The Balaban J connectivity index is 1.82. The quantitative estimate of drug-likeness (QED) is 0.585. The monoisotopic (exact) mass is 416 g/mol. The van der Waals surface area contributed by atoms with Gasteiger partial charge in [0.1, 0.15) is 5.75 Å². The molecular weight excluding hydrogens is 395 g/mol. The van der Waals surface area contributed by atoms with Gasteiger partial charge in [0.2, 0.25) is 0 Å². The maximum absolute atomic E-state index is 14.9. The molecule has 29 heavy (non-hydrogen) atoms. The van der Waals surface area contributed by atoms with Gasteiger partial charge in [0.05, 0.1) is 11.2 Å². The summed E-state index contributed by atoms with van der Waals surface area (Å²) in [5, 5.41) is 6.71. The molecule has 3 rings (SSSR count). The molecule has 1 atom stereocenters. The molecule has 1 amide bonds. The molecule has 0 aliphatic rings. The Hall–Kier alpha value is -2.90. The fourth-order valence-corrected chi connectivity index (χ4v) is 3.07. The average Bonchev–Trinajstić information content (AvgIpc) is 3.23. The predicted octanol–water partition coefficient (Wildman–Crippen LogP) is 4.68. The minimum Gasteiger partial charge on any atom is -0.453 e. The summed E-state index contributed by atoms with van der Waals surface area (Å²) in [5.74, 6) is -0.606. The Morgan fingerprint density at radius 3 is 2.86 bits per heavy atom. The van der Waals surface area contributed by atoms with Gasteiger partial charge < -0.3 is 15.4 Å². The Morgan fingerprint density at radius 1 is 1.38 bits per heavy atom. The number of hydrogen-bond acceptors (Lipinski definition) is 4. The van der Waals surface area contributed by atoms with Crippen molar-refractivity contribution >= 4 is 17.5 Å². The summed E-state index contributed by atoms with van der Waals surface area (Å²) in [4.78, 5) is 14.3. The molecule has 0 unspecified atom stereocenters. The van der Waals surface area contributed by atoms with Crippen LogP contribution in [0.3, 0.4) is 0 Å². The largest absolute Gasteiger partial charge is 0.453 e. The van der Waals surface area contributed by atoms with E-state index in [4.69, 9.17) is 22.1 Å². The summed E-state index contributed by atoms with van der Waals surface area (Å²) in [6.07, 6.45) is 3.95. The molecule has 2 aromatic carbocycles.